The van der Waals surface area contributed by atoms with Gasteiger partial charge in [-0.15, -0.1) is 0 Å². The van der Waals surface area contributed by atoms with Crippen LogP contribution in [0.15, 0.2) is 18.5 Å². The molecule has 1 aliphatic heterocycles. The number of hydrogen-bond donors (Lipinski definition) is 2. The Bertz CT molecular complexity index is 457. The smallest absolute Gasteiger partial charge is 0.315 e. The summed E-state index contributed by atoms with van der Waals surface area (Å²) in [4.78, 5) is 14.5. The van der Waals surface area contributed by atoms with Crippen LogP contribution in [0.25, 0.3) is 0 Å². The molecule has 0 saturated carbocycles. The molecule has 23 heavy (non-hydrogen) atoms. The summed E-state index contributed by atoms with van der Waals surface area (Å²) in [5, 5.41) is 10.1. The molecule has 2 heterocycles. The summed E-state index contributed by atoms with van der Waals surface area (Å²) in [5.41, 5.74) is 0. The van der Waals surface area contributed by atoms with Crippen molar-refractivity contribution in [1.82, 2.24) is 25.3 Å². The first kappa shape index (κ1) is 17.7. The van der Waals surface area contributed by atoms with Gasteiger partial charge < -0.3 is 15.4 Å². The number of carbonyl (C=O) groups is 1. The third-order valence-electron chi connectivity index (χ3n) is 4.15. The number of hydrogen-bond acceptors (Lipinski definition) is 4. The normalized spacial score (nSPS) is 18.6. The second-order valence-corrected chi connectivity index (χ2v) is 6.44. The summed E-state index contributed by atoms with van der Waals surface area (Å²) in [6.07, 6.45) is 3.63. The van der Waals surface area contributed by atoms with E-state index >= 15 is 0 Å². The molecule has 2 N–H and O–H groups in total. The highest BCUT2D eigenvalue weighted by Crippen LogP contribution is 2.12. The number of carbonyl (C=O) groups excluding carboxylic acids is 1. The fraction of sp³-hybridized carbons (Fsp3) is 0.750. The Kier molecular flexibility index (Phi) is 6.85. The fourth-order valence-electron chi connectivity index (χ4n) is 2.90. The van der Waals surface area contributed by atoms with Crippen molar-refractivity contribution in [2.24, 2.45) is 5.92 Å². The van der Waals surface area contributed by atoms with E-state index in [-0.39, 0.29) is 12.1 Å². The maximum Gasteiger partial charge on any atom is 0.315 e. The molecular weight excluding hydrogens is 294 g/mol. The number of morpholine rings is 1. The molecule has 1 fully saturated rings. The number of nitrogens with one attached hydrogen (secondary N) is 2. The van der Waals surface area contributed by atoms with E-state index in [1.165, 1.54) is 0 Å². The highest BCUT2D eigenvalue weighted by molar-refractivity contribution is 5.74. The number of amides is 2. The Morgan fingerprint density at radius 3 is 2.65 bits per heavy atom. The molecule has 1 aromatic heterocycles. The third kappa shape index (κ3) is 5.84. The molecule has 0 bridgehead atoms. The molecule has 7 heteroatoms. The summed E-state index contributed by atoms with van der Waals surface area (Å²) in [5.74, 6) is 0.481. The standard InChI is InChI=1S/C16H29N5O2/c1-13(2)15(20-7-9-23-10-8-20)11-17-16(22)19-14(3)12-21-6-4-5-18-21/h4-6,13-15H,7-12H2,1-3H3,(H2,17,19,22)/t14-,15-/m0/s1. The predicted molar refractivity (Wildman–Crippen MR) is 89.2 cm³/mol. The van der Waals surface area contributed by atoms with Gasteiger partial charge in [0, 0.05) is 44.1 Å². The van der Waals surface area contributed by atoms with Gasteiger partial charge in [0.05, 0.1) is 19.8 Å². The number of nitrogens with zero attached hydrogens (tertiary/aromatic N) is 3. The molecule has 0 aliphatic carbocycles. The first-order chi connectivity index (χ1) is 11.1. The molecule has 7 nitrogen and oxygen atoms in total. The summed E-state index contributed by atoms with van der Waals surface area (Å²) >= 11 is 0. The SMILES string of the molecule is CC(C)[C@H](CNC(=O)N[C@@H](C)Cn1cccn1)N1CCOCC1. The first-order valence-corrected chi connectivity index (χ1v) is 8.40. The molecule has 0 unspecified atom stereocenters. The van der Waals surface area contributed by atoms with Crippen molar-refractivity contribution in [3.05, 3.63) is 18.5 Å². The minimum atomic E-state index is -0.122. The number of urea groups is 1. The lowest BCUT2D eigenvalue weighted by Gasteiger charge is -2.37. The lowest BCUT2D eigenvalue weighted by Crippen LogP contribution is -2.53. The van der Waals surface area contributed by atoms with E-state index < -0.39 is 0 Å². The van der Waals surface area contributed by atoms with Crippen LogP contribution in [0.2, 0.25) is 0 Å². The van der Waals surface area contributed by atoms with Gasteiger partial charge in [-0.1, -0.05) is 13.8 Å². The van der Waals surface area contributed by atoms with E-state index in [2.05, 4.69) is 34.5 Å². The molecule has 0 spiro atoms. The van der Waals surface area contributed by atoms with Crippen LogP contribution in [0.1, 0.15) is 20.8 Å². The number of ether oxygens (including phenoxy) is 1. The quantitative estimate of drug-likeness (QED) is 0.783. The van der Waals surface area contributed by atoms with Crippen molar-refractivity contribution in [3.8, 4) is 0 Å². The van der Waals surface area contributed by atoms with Gasteiger partial charge in [0.25, 0.3) is 0 Å². The van der Waals surface area contributed by atoms with E-state index in [1.807, 2.05) is 23.9 Å². The van der Waals surface area contributed by atoms with Crippen LogP contribution < -0.4 is 10.6 Å². The zero-order chi connectivity index (χ0) is 16.7. The molecule has 2 amide bonds. The Labute approximate surface area is 138 Å². The van der Waals surface area contributed by atoms with E-state index in [1.54, 1.807) is 6.20 Å². The summed E-state index contributed by atoms with van der Waals surface area (Å²) in [6, 6.07) is 2.12. The van der Waals surface area contributed by atoms with Gasteiger partial charge in [0.1, 0.15) is 0 Å². The lowest BCUT2D eigenvalue weighted by atomic mass is 10.0. The largest absolute Gasteiger partial charge is 0.379 e. The van der Waals surface area contributed by atoms with Crippen LogP contribution in [0, 0.1) is 5.92 Å². The van der Waals surface area contributed by atoms with E-state index in [0.717, 1.165) is 26.3 Å². The Morgan fingerprint density at radius 2 is 2.04 bits per heavy atom. The summed E-state index contributed by atoms with van der Waals surface area (Å²) in [6.45, 7) is 11.1. The van der Waals surface area contributed by atoms with Crippen LogP contribution in [0.4, 0.5) is 4.79 Å². The summed E-state index contributed by atoms with van der Waals surface area (Å²) in [7, 11) is 0. The highest BCUT2D eigenvalue weighted by atomic mass is 16.5. The van der Waals surface area contributed by atoms with Crippen LogP contribution >= 0.6 is 0 Å². The van der Waals surface area contributed by atoms with Crippen LogP contribution in [0.5, 0.6) is 0 Å². The van der Waals surface area contributed by atoms with Gasteiger partial charge >= 0.3 is 6.03 Å². The van der Waals surface area contributed by atoms with E-state index in [9.17, 15) is 4.79 Å². The molecule has 0 radical (unpaired) electrons. The minimum Gasteiger partial charge on any atom is -0.379 e. The molecule has 1 aromatic rings. The fourth-order valence-corrected chi connectivity index (χ4v) is 2.90. The average molecular weight is 323 g/mol. The third-order valence-corrected chi connectivity index (χ3v) is 4.15. The van der Waals surface area contributed by atoms with Gasteiger partial charge in [-0.2, -0.15) is 5.10 Å². The molecular formula is C16H29N5O2. The van der Waals surface area contributed by atoms with Crippen molar-refractivity contribution < 1.29 is 9.53 Å². The van der Waals surface area contributed by atoms with Gasteiger partial charge in [0.15, 0.2) is 0 Å². The monoisotopic (exact) mass is 323 g/mol. The van der Waals surface area contributed by atoms with Crippen LogP contribution in [-0.2, 0) is 11.3 Å². The number of aromatic nitrogens is 2. The second-order valence-electron chi connectivity index (χ2n) is 6.44. The van der Waals surface area contributed by atoms with Gasteiger partial charge in [-0.05, 0) is 18.9 Å². The zero-order valence-corrected chi connectivity index (χ0v) is 14.4. The maximum absolute atomic E-state index is 12.1. The highest BCUT2D eigenvalue weighted by Gasteiger charge is 2.24. The van der Waals surface area contributed by atoms with Crippen LogP contribution in [-0.4, -0.2) is 65.6 Å². The second kappa shape index (κ2) is 8.88. The molecule has 130 valence electrons. The zero-order valence-electron chi connectivity index (χ0n) is 14.4. The molecule has 0 aromatic carbocycles. The molecule has 2 rings (SSSR count). The van der Waals surface area contributed by atoms with E-state index in [0.29, 0.717) is 25.0 Å². The Balaban J connectivity index is 1.74. The van der Waals surface area contributed by atoms with Crippen LogP contribution in [0.3, 0.4) is 0 Å². The van der Waals surface area contributed by atoms with Gasteiger partial charge in [-0.3, -0.25) is 9.58 Å². The van der Waals surface area contributed by atoms with Crippen molar-refractivity contribution in [3.63, 3.8) is 0 Å². The maximum atomic E-state index is 12.1. The van der Waals surface area contributed by atoms with Crippen molar-refractivity contribution in [2.45, 2.75) is 39.4 Å². The van der Waals surface area contributed by atoms with Crippen molar-refractivity contribution in [1.29, 1.82) is 0 Å². The summed E-state index contributed by atoms with van der Waals surface area (Å²) < 4.78 is 7.22. The lowest BCUT2D eigenvalue weighted by molar-refractivity contribution is 0.00718. The first-order valence-electron chi connectivity index (χ1n) is 8.40. The topological polar surface area (TPSA) is 71.4 Å². The molecule has 1 saturated heterocycles. The average Bonchev–Trinajstić information content (AvgIpc) is 3.00. The van der Waals surface area contributed by atoms with Gasteiger partial charge in [0.2, 0.25) is 0 Å². The Morgan fingerprint density at radius 1 is 1.30 bits per heavy atom. The van der Waals surface area contributed by atoms with Gasteiger partial charge in [-0.25, -0.2) is 4.79 Å². The Hall–Kier alpha value is -1.60. The number of rotatable bonds is 7. The molecule has 2 atom stereocenters. The van der Waals surface area contributed by atoms with E-state index in [4.69, 9.17) is 4.74 Å². The molecule has 1 aliphatic rings. The predicted octanol–water partition coefficient (Wildman–Crippen LogP) is 0.928. The van der Waals surface area contributed by atoms with Crippen molar-refractivity contribution in [2.75, 3.05) is 32.8 Å². The minimum absolute atomic E-state index is 0.0239. The van der Waals surface area contributed by atoms with Crippen molar-refractivity contribution >= 4 is 6.03 Å².